The monoisotopic (exact) mass is 404 g/mol. The van der Waals surface area contributed by atoms with Crippen LogP contribution in [0.4, 0.5) is 0 Å². The number of ether oxygens (including phenoxy) is 2. The van der Waals surface area contributed by atoms with E-state index in [1.54, 1.807) is 31.5 Å². The van der Waals surface area contributed by atoms with Crippen molar-refractivity contribution < 1.29 is 14.3 Å². The molecule has 0 aromatic heterocycles. The van der Waals surface area contributed by atoms with Gasteiger partial charge in [0.15, 0.2) is 11.5 Å². The van der Waals surface area contributed by atoms with Crippen LogP contribution in [0.25, 0.3) is 0 Å². The molecule has 0 heterocycles. The maximum Gasteiger partial charge on any atom is 0.250 e. The van der Waals surface area contributed by atoms with Crippen LogP contribution in [0.2, 0.25) is 5.02 Å². The molecule has 2 rings (SSSR count). The lowest BCUT2D eigenvalue weighted by Crippen LogP contribution is -2.19. The molecule has 0 atom stereocenters. The first kappa shape index (κ1) is 20.9. The standard InChI is InChI=1S/C20H21ClN2O3S/c1-3-9-26-18-8-7-15(11-19(18)25-2)12-22-23-20(24)14-27-13-16-5-4-6-17(21)10-16/h3-8,10-12H,1,9,13-14H2,2H3,(H,23,24). The van der Waals surface area contributed by atoms with Crippen LogP contribution in [0.5, 0.6) is 11.5 Å². The molecule has 0 aliphatic carbocycles. The fourth-order valence-electron chi connectivity index (χ4n) is 2.13. The zero-order chi connectivity index (χ0) is 19.5. The average Bonchev–Trinajstić information content (AvgIpc) is 2.67. The molecule has 0 saturated heterocycles. The Morgan fingerprint density at radius 1 is 1.30 bits per heavy atom. The molecule has 142 valence electrons. The molecular formula is C20H21ClN2O3S. The summed E-state index contributed by atoms with van der Waals surface area (Å²) in [7, 11) is 1.57. The second-order valence-electron chi connectivity index (χ2n) is 5.43. The highest BCUT2D eigenvalue weighted by molar-refractivity contribution is 7.99. The third-order valence-corrected chi connectivity index (χ3v) is 4.58. The predicted octanol–water partition coefficient (Wildman–Crippen LogP) is 4.30. The first-order valence-electron chi connectivity index (χ1n) is 8.18. The quantitative estimate of drug-likeness (QED) is 0.364. The normalized spacial score (nSPS) is 10.6. The minimum atomic E-state index is -0.170. The number of hydrogen-bond donors (Lipinski definition) is 1. The van der Waals surface area contributed by atoms with Crippen molar-refractivity contribution in [3.8, 4) is 11.5 Å². The lowest BCUT2D eigenvalue weighted by atomic mass is 10.2. The zero-order valence-corrected chi connectivity index (χ0v) is 16.6. The van der Waals surface area contributed by atoms with Crippen LogP contribution in [0.3, 0.4) is 0 Å². The largest absolute Gasteiger partial charge is 0.493 e. The summed E-state index contributed by atoms with van der Waals surface area (Å²) in [6, 6.07) is 13.0. The van der Waals surface area contributed by atoms with Crippen LogP contribution in [-0.2, 0) is 10.5 Å². The van der Waals surface area contributed by atoms with Gasteiger partial charge in [0.2, 0.25) is 5.91 Å². The highest BCUT2D eigenvalue weighted by Gasteiger charge is 2.05. The molecule has 1 amide bonds. The van der Waals surface area contributed by atoms with Gasteiger partial charge in [-0.15, -0.1) is 11.8 Å². The molecule has 7 heteroatoms. The van der Waals surface area contributed by atoms with Crippen LogP contribution in [-0.4, -0.2) is 31.6 Å². The first-order valence-corrected chi connectivity index (χ1v) is 9.71. The molecule has 0 aliphatic heterocycles. The maximum atomic E-state index is 11.9. The number of methoxy groups -OCH3 is 1. The molecule has 0 bridgehead atoms. The Bertz CT molecular complexity index is 812. The zero-order valence-electron chi connectivity index (χ0n) is 15.0. The summed E-state index contributed by atoms with van der Waals surface area (Å²) in [6.07, 6.45) is 3.22. The number of nitrogens with zero attached hydrogens (tertiary/aromatic N) is 1. The highest BCUT2D eigenvalue weighted by Crippen LogP contribution is 2.27. The average molecular weight is 405 g/mol. The lowest BCUT2D eigenvalue weighted by molar-refractivity contribution is -0.118. The molecule has 0 unspecified atom stereocenters. The Hall–Kier alpha value is -2.44. The van der Waals surface area contributed by atoms with Gasteiger partial charge in [-0.1, -0.05) is 36.4 Å². The molecule has 2 aromatic carbocycles. The predicted molar refractivity (Wildman–Crippen MR) is 112 cm³/mol. The Morgan fingerprint density at radius 2 is 2.15 bits per heavy atom. The number of thioether (sulfide) groups is 1. The maximum absolute atomic E-state index is 11.9. The summed E-state index contributed by atoms with van der Waals surface area (Å²) in [5.74, 6) is 2.05. The minimum absolute atomic E-state index is 0.170. The summed E-state index contributed by atoms with van der Waals surface area (Å²) in [6.45, 7) is 4.01. The molecule has 27 heavy (non-hydrogen) atoms. The Morgan fingerprint density at radius 3 is 2.89 bits per heavy atom. The first-order chi connectivity index (χ1) is 13.1. The van der Waals surface area contributed by atoms with Crippen LogP contribution in [0.15, 0.2) is 60.2 Å². The van der Waals surface area contributed by atoms with Gasteiger partial charge < -0.3 is 9.47 Å². The fraction of sp³-hybridized carbons (Fsp3) is 0.200. The number of hydrazone groups is 1. The van der Waals surface area contributed by atoms with E-state index < -0.39 is 0 Å². The van der Waals surface area contributed by atoms with Gasteiger partial charge in [-0.25, -0.2) is 5.43 Å². The van der Waals surface area contributed by atoms with Gasteiger partial charge >= 0.3 is 0 Å². The van der Waals surface area contributed by atoms with Crippen molar-refractivity contribution in [2.24, 2.45) is 5.10 Å². The van der Waals surface area contributed by atoms with Crippen LogP contribution in [0, 0.1) is 0 Å². The molecular weight excluding hydrogens is 384 g/mol. The molecule has 0 aliphatic rings. The molecule has 0 saturated carbocycles. The van der Waals surface area contributed by atoms with Gasteiger partial charge in [-0.05, 0) is 41.5 Å². The van der Waals surface area contributed by atoms with Gasteiger partial charge in [-0.3, -0.25) is 4.79 Å². The second kappa shape index (κ2) is 11.3. The molecule has 0 radical (unpaired) electrons. The summed E-state index contributed by atoms with van der Waals surface area (Å²) >= 11 is 7.44. The van der Waals surface area contributed by atoms with Crippen molar-refractivity contribution in [1.82, 2.24) is 5.43 Å². The number of rotatable bonds is 10. The highest BCUT2D eigenvalue weighted by atomic mass is 35.5. The summed E-state index contributed by atoms with van der Waals surface area (Å²) in [5.41, 5.74) is 4.37. The van der Waals surface area contributed by atoms with Crippen LogP contribution >= 0.6 is 23.4 Å². The van der Waals surface area contributed by atoms with Crippen molar-refractivity contribution in [2.45, 2.75) is 5.75 Å². The van der Waals surface area contributed by atoms with Crippen molar-refractivity contribution in [3.05, 3.63) is 71.3 Å². The number of carbonyl (C=O) groups excluding carboxylic acids is 1. The molecule has 5 nitrogen and oxygen atoms in total. The second-order valence-corrected chi connectivity index (χ2v) is 6.85. The number of halogens is 1. The SMILES string of the molecule is C=CCOc1ccc(C=NNC(=O)CSCc2cccc(Cl)c2)cc1OC. The van der Waals surface area contributed by atoms with E-state index >= 15 is 0 Å². The van der Waals surface area contributed by atoms with E-state index in [1.807, 2.05) is 30.3 Å². The van der Waals surface area contributed by atoms with Crippen molar-refractivity contribution >= 4 is 35.5 Å². The third kappa shape index (κ3) is 7.37. The number of carbonyl (C=O) groups is 1. The number of benzene rings is 2. The van der Waals surface area contributed by atoms with Gasteiger partial charge in [-0.2, -0.15) is 5.10 Å². The van der Waals surface area contributed by atoms with Crippen LogP contribution in [0.1, 0.15) is 11.1 Å². The molecule has 2 aromatic rings. The number of hydrogen-bond acceptors (Lipinski definition) is 5. The lowest BCUT2D eigenvalue weighted by Gasteiger charge is -2.09. The van der Waals surface area contributed by atoms with Crippen molar-refractivity contribution in [1.29, 1.82) is 0 Å². The molecule has 1 N–H and O–H groups in total. The number of amides is 1. The van der Waals surface area contributed by atoms with Gasteiger partial charge in [0.25, 0.3) is 0 Å². The minimum Gasteiger partial charge on any atom is -0.493 e. The van der Waals surface area contributed by atoms with Crippen molar-refractivity contribution in [2.75, 3.05) is 19.5 Å². The van der Waals surface area contributed by atoms with E-state index in [9.17, 15) is 4.79 Å². The number of nitrogens with one attached hydrogen (secondary N) is 1. The topological polar surface area (TPSA) is 59.9 Å². The Labute approximate surface area is 168 Å². The smallest absolute Gasteiger partial charge is 0.250 e. The van der Waals surface area contributed by atoms with Crippen molar-refractivity contribution in [3.63, 3.8) is 0 Å². The summed E-state index contributed by atoms with van der Waals surface area (Å²) in [4.78, 5) is 11.9. The Kier molecular flexibility index (Phi) is 8.74. The Balaban J connectivity index is 1.80. The van der Waals surface area contributed by atoms with E-state index in [1.165, 1.54) is 11.8 Å². The summed E-state index contributed by atoms with van der Waals surface area (Å²) in [5, 5.41) is 4.67. The molecule has 0 fully saturated rings. The van der Waals surface area contributed by atoms with E-state index in [-0.39, 0.29) is 5.91 Å². The van der Waals surface area contributed by atoms with E-state index in [0.717, 1.165) is 11.1 Å². The van der Waals surface area contributed by atoms with Gasteiger partial charge in [0.05, 0.1) is 19.1 Å². The van der Waals surface area contributed by atoms with Crippen LogP contribution < -0.4 is 14.9 Å². The molecule has 0 spiro atoms. The summed E-state index contributed by atoms with van der Waals surface area (Å²) < 4.78 is 10.8. The van der Waals surface area contributed by atoms with E-state index in [0.29, 0.717) is 34.6 Å². The fourth-order valence-corrected chi connectivity index (χ4v) is 3.11. The van der Waals surface area contributed by atoms with Gasteiger partial charge in [0.1, 0.15) is 6.61 Å². The van der Waals surface area contributed by atoms with E-state index in [2.05, 4.69) is 17.1 Å². The third-order valence-electron chi connectivity index (χ3n) is 3.34. The van der Waals surface area contributed by atoms with Gasteiger partial charge in [0, 0.05) is 10.8 Å². The van der Waals surface area contributed by atoms with E-state index in [4.69, 9.17) is 21.1 Å².